The molecular formula is C20H23N3O5S2. The molecule has 1 saturated heterocycles. The molecule has 2 aromatic rings. The number of nitrogens with one attached hydrogen (secondary N) is 2. The zero-order valence-corrected chi connectivity index (χ0v) is 17.9. The number of rotatable bonds is 7. The first-order valence-electron chi connectivity index (χ1n) is 9.52. The van der Waals surface area contributed by atoms with Gasteiger partial charge >= 0.3 is 11.8 Å². The van der Waals surface area contributed by atoms with Gasteiger partial charge in [-0.2, -0.15) is 0 Å². The number of thiophene rings is 1. The third-order valence-electron chi connectivity index (χ3n) is 4.72. The molecule has 3 amide bonds. The van der Waals surface area contributed by atoms with E-state index in [9.17, 15) is 22.8 Å². The van der Waals surface area contributed by atoms with E-state index in [-0.39, 0.29) is 11.5 Å². The molecule has 2 N–H and O–H groups in total. The number of anilines is 1. The number of benzene rings is 1. The van der Waals surface area contributed by atoms with Crippen LogP contribution in [0.2, 0.25) is 0 Å². The second-order valence-corrected chi connectivity index (χ2v) is 10.2. The molecule has 1 aliphatic rings. The van der Waals surface area contributed by atoms with Crippen molar-refractivity contribution >= 4 is 44.6 Å². The quantitative estimate of drug-likeness (QED) is 0.606. The molecule has 1 aliphatic heterocycles. The molecule has 0 radical (unpaired) electrons. The Kier molecular flexibility index (Phi) is 7.22. The molecule has 30 heavy (non-hydrogen) atoms. The van der Waals surface area contributed by atoms with Crippen LogP contribution in [-0.2, 0) is 30.6 Å². The summed E-state index contributed by atoms with van der Waals surface area (Å²) in [5, 5.41) is 6.79. The Labute approximate surface area is 179 Å². The highest BCUT2D eigenvalue weighted by Crippen LogP contribution is 2.24. The summed E-state index contributed by atoms with van der Waals surface area (Å²) in [7, 11) is -3.20. The van der Waals surface area contributed by atoms with Crippen molar-refractivity contribution in [3.05, 3.63) is 52.7 Å². The number of amides is 3. The lowest BCUT2D eigenvalue weighted by Crippen LogP contribution is -2.49. The Morgan fingerprint density at radius 2 is 1.77 bits per heavy atom. The molecule has 1 aromatic carbocycles. The summed E-state index contributed by atoms with van der Waals surface area (Å²) in [6.07, 6.45) is 0.952. The molecule has 0 saturated carbocycles. The summed E-state index contributed by atoms with van der Waals surface area (Å²) in [6.45, 7) is -0.0839. The fourth-order valence-electron chi connectivity index (χ4n) is 3.28. The van der Waals surface area contributed by atoms with Gasteiger partial charge in [0.05, 0.1) is 24.1 Å². The van der Waals surface area contributed by atoms with Crippen molar-refractivity contribution in [1.29, 1.82) is 0 Å². The van der Waals surface area contributed by atoms with Gasteiger partial charge in [0.2, 0.25) is 5.91 Å². The monoisotopic (exact) mass is 449 g/mol. The normalized spacial score (nSPS) is 17.3. The number of para-hydroxylation sites is 1. The second-order valence-electron chi connectivity index (χ2n) is 6.92. The minimum absolute atomic E-state index is 0.0211. The van der Waals surface area contributed by atoms with E-state index in [1.165, 1.54) is 4.90 Å². The lowest BCUT2D eigenvalue weighted by atomic mass is 10.1. The van der Waals surface area contributed by atoms with Crippen LogP contribution in [0.15, 0.2) is 47.8 Å². The molecule has 8 nitrogen and oxygen atoms in total. The Morgan fingerprint density at radius 1 is 1.03 bits per heavy atom. The van der Waals surface area contributed by atoms with Crippen LogP contribution in [-0.4, -0.2) is 56.8 Å². The topological polar surface area (TPSA) is 113 Å². The van der Waals surface area contributed by atoms with Crippen LogP contribution in [0.1, 0.15) is 11.3 Å². The molecule has 10 heteroatoms. The zero-order valence-electron chi connectivity index (χ0n) is 16.2. The van der Waals surface area contributed by atoms with E-state index >= 15 is 0 Å². The van der Waals surface area contributed by atoms with Gasteiger partial charge in [-0.1, -0.05) is 24.3 Å². The van der Waals surface area contributed by atoms with E-state index < -0.39 is 40.1 Å². The van der Waals surface area contributed by atoms with Gasteiger partial charge < -0.3 is 15.5 Å². The molecule has 0 spiro atoms. The highest BCUT2D eigenvalue weighted by Gasteiger charge is 2.35. The van der Waals surface area contributed by atoms with Gasteiger partial charge in [-0.3, -0.25) is 14.4 Å². The molecule has 0 unspecified atom stereocenters. The molecule has 160 valence electrons. The van der Waals surface area contributed by atoms with Gasteiger partial charge in [0.1, 0.15) is 0 Å². The number of sulfone groups is 1. The van der Waals surface area contributed by atoms with Crippen molar-refractivity contribution in [1.82, 2.24) is 10.6 Å². The van der Waals surface area contributed by atoms with E-state index in [1.807, 2.05) is 17.5 Å². The minimum atomic E-state index is -3.20. The molecule has 1 aromatic heterocycles. The largest absolute Gasteiger partial charge is 0.347 e. The van der Waals surface area contributed by atoms with Crippen molar-refractivity contribution in [3.8, 4) is 0 Å². The Morgan fingerprint density at radius 3 is 2.40 bits per heavy atom. The highest BCUT2D eigenvalue weighted by molar-refractivity contribution is 7.91. The van der Waals surface area contributed by atoms with Gasteiger partial charge in [0, 0.05) is 17.1 Å². The van der Waals surface area contributed by atoms with Crippen molar-refractivity contribution in [3.63, 3.8) is 0 Å². The molecule has 0 bridgehead atoms. The predicted octanol–water partition coefficient (Wildman–Crippen LogP) is 0.743. The first-order valence-corrected chi connectivity index (χ1v) is 12.2. The van der Waals surface area contributed by atoms with Crippen molar-refractivity contribution in [2.45, 2.75) is 18.9 Å². The Hall–Kier alpha value is -2.72. The van der Waals surface area contributed by atoms with E-state index in [0.717, 1.165) is 4.88 Å². The molecule has 3 rings (SSSR count). The van der Waals surface area contributed by atoms with E-state index in [1.54, 1.807) is 41.7 Å². The van der Waals surface area contributed by atoms with Crippen LogP contribution in [0, 0.1) is 0 Å². The summed E-state index contributed by atoms with van der Waals surface area (Å²) >= 11 is 1.57. The molecular weight excluding hydrogens is 426 g/mol. The maximum absolute atomic E-state index is 12.8. The van der Waals surface area contributed by atoms with Crippen LogP contribution in [0.5, 0.6) is 0 Å². The van der Waals surface area contributed by atoms with Gasteiger partial charge in [-0.05, 0) is 36.4 Å². The molecule has 0 aliphatic carbocycles. The third-order valence-corrected chi connectivity index (χ3v) is 7.41. The minimum Gasteiger partial charge on any atom is -0.347 e. The van der Waals surface area contributed by atoms with Gasteiger partial charge in [-0.25, -0.2) is 8.42 Å². The van der Waals surface area contributed by atoms with Crippen molar-refractivity contribution in [2.75, 3.05) is 29.5 Å². The Bertz CT molecular complexity index is 991. The number of carbonyl (C=O) groups excluding carboxylic acids is 3. The summed E-state index contributed by atoms with van der Waals surface area (Å²) in [6, 6.07) is 12.1. The fourth-order valence-corrected chi connectivity index (χ4v) is 5.69. The van der Waals surface area contributed by atoms with Gasteiger partial charge in [-0.15, -0.1) is 11.3 Å². The Balaban J connectivity index is 1.56. The van der Waals surface area contributed by atoms with Crippen LogP contribution in [0.3, 0.4) is 0 Å². The SMILES string of the molecule is O=C(NCCc1cccs1)C(=O)NCC(=O)N(c1ccccc1)[C@H]1CCS(=O)(=O)C1. The van der Waals surface area contributed by atoms with Crippen LogP contribution < -0.4 is 15.5 Å². The van der Waals surface area contributed by atoms with E-state index in [2.05, 4.69) is 10.6 Å². The summed E-state index contributed by atoms with van der Waals surface area (Å²) in [5.74, 6) is -2.28. The van der Waals surface area contributed by atoms with Crippen molar-refractivity contribution in [2.24, 2.45) is 0 Å². The number of hydrogen-bond donors (Lipinski definition) is 2. The summed E-state index contributed by atoms with van der Waals surface area (Å²) in [4.78, 5) is 39.3. The lowest BCUT2D eigenvalue weighted by molar-refractivity contribution is -0.139. The average Bonchev–Trinajstić information content (AvgIpc) is 3.36. The van der Waals surface area contributed by atoms with Crippen molar-refractivity contribution < 1.29 is 22.8 Å². The smallest absolute Gasteiger partial charge is 0.309 e. The third kappa shape index (κ3) is 5.90. The predicted molar refractivity (Wildman–Crippen MR) is 115 cm³/mol. The standard InChI is InChI=1S/C20H23N3O5S2/c24-18(13-22-20(26)19(25)21-10-8-17-7-4-11-29-17)23(15-5-2-1-3-6-15)16-9-12-30(27,28)14-16/h1-7,11,16H,8-10,12-14H2,(H,21,25)(H,22,26)/t16-/m0/s1. The van der Waals surface area contributed by atoms with Gasteiger partial charge in [0.15, 0.2) is 9.84 Å². The summed E-state index contributed by atoms with van der Waals surface area (Å²) < 4.78 is 23.8. The lowest BCUT2D eigenvalue weighted by Gasteiger charge is -2.28. The number of carbonyl (C=O) groups is 3. The van der Waals surface area contributed by atoms with Crippen LogP contribution in [0.4, 0.5) is 5.69 Å². The first-order chi connectivity index (χ1) is 14.4. The molecule has 1 atom stereocenters. The maximum Gasteiger partial charge on any atom is 0.309 e. The maximum atomic E-state index is 12.8. The number of hydrogen-bond acceptors (Lipinski definition) is 6. The van der Waals surface area contributed by atoms with Gasteiger partial charge in [0.25, 0.3) is 0 Å². The highest BCUT2D eigenvalue weighted by atomic mass is 32.2. The fraction of sp³-hybridized carbons (Fsp3) is 0.350. The summed E-state index contributed by atoms with van der Waals surface area (Å²) in [5.41, 5.74) is 0.555. The van der Waals surface area contributed by atoms with E-state index in [0.29, 0.717) is 25.1 Å². The van der Waals surface area contributed by atoms with E-state index in [4.69, 9.17) is 0 Å². The molecule has 1 fully saturated rings. The first kappa shape index (κ1) is 22.0. The molecule has 2 heterocycles. The average molecular weight is 450 g/mol. The second kappa shape index (κ2) is 9.86. The zero-order chi connectivity index (χ0) is 21.6. The van der Waals surface area contributed by atoms with Crippen LogP contribution >= 0.6 is 11.3 Å². The van der Waals surface area contributed by atoms with Crippen LogP contribution in [0.25, 0.3) is 0 Å². The number of nitrogens with zero attached hydrogens (tertiary/aromatic N) is 1.